The molecule has 2 N–H and O–H groups in total. The zero-order valence-corrected chi connectivity index (χ0v) is 19.3. The summed E-state index contributed by atoms with van der Waals surface area (Å²) in [5.74, 6) is -0.680. The number of aromatic nitrogens is 3. The van der Waals surface area contributed by atoms with Crippen LogP contribution >= 0.6 is 0 Å². The van der Waals surface area contributed by atoms with Crippen molar-refractivity contribution in [3.8, 4) is 22.4 Å². The molecule has 1 aliphatic rings. The van der Waals surface area contributed by atoms with Crippen LogP contribution < -0.4 is 10.6 Å². The number of piperidine rings is 1. The highest BCUT2D eigenvalue weighted by Crippen LogP contribution is 2.43. The number of benzene rings is 2. The summed E-state index contributed by atoms with van der Waals surface area (Å²) in [4.78, 5) is 14.6. The van der Waals surface area contributed by atoms with Crippen LogP contribution in [0.4, 0.5) is 20.3 Å². The van der Waals surface area contributed by atoms with Crippen molar-refractivity contribution in [1.82, 2.24) is 15.1 Å². The second-order valence-corrected chi connectivity index (χ2v) is 8.89. The van der Waals surface area contributed by atoms with Crippen LogP contribution in [0.5, 0.6) is 0 Å². The van der Waals surface area contributed by atoms with E-state index in [1.165, 1.54) is 30.7 Å². The SMILES string of the molecule is [C-]#[N+]c1ccc(-c2nc(N3CCC(N)CC3)c3ncoc3c2-c2cc3onc(C)c3cc2F)cc1F. The zero-order chi connectivity index (χ0) is 25.0. The predicted molar refractivity (Wildman–Crippen MR) is 131 cm³/mol. The third kappa shape index (κ3) is 3.48. The molecular weight excluding hydrogens is 466 g/mol. The molecule has 1 fully saturated rings. The number of pyridine rings is 1. The van der Waals surface area contributed by atoms with Gasteiger partial charge in [-0.05, 0) is 38.0 Å². The van der Waals surface area contributed by atoms with Crippen molar-refractivity contribution < 1.29 is 17.7 Å². The molecule has 1 aliphatic heterocycles. The molecule has 0 spiro atoms. The van der Waals surface area contributed by atoms with E-state index in [1.54, 1.807) is 13.0 Å². The minimum atomic E-state index is -0.694. The number of rotatable bonds is 3. The number of oxazole rings is 1. The maximum atomic E-state index is 15.6. The summed E-state index contributed by atoms with van der Waals surface area (Å²) in [7, 11) is 0. The average Bonchev–Trinajstić information content (AvgIpc) is 3.50. The van der Waals surface area contributed by atoms with Gasteiger partial charge >= 0.3 is 0 Å². The van der Waals surface area contributed by atoms with Gasteiger partial charge in [-0.3, -0.25) is 0 Å². The largest absolute Gasteiger partial charge is 0.443 e. The molecule has 5 aromatic rings. The summed E-state index contributed by atoms with van der Waals surface area (Å²) in [6, 6.07) is 7.20. The second kappa shape index (κ2) is 8.39. The number of nitrogens with two attached hydrogens (primary N) is 1. The van der Waals surface area contributed by atoms with Gasteiger partial charge in [-0.15, -0.1) is 0 Å². The molecule has 180 valence electrons. The molecule has 6 rings (SSSR count). The van der Waals surface area contributed by atoms with Crippen LogP contribution in [-0.2, 0) is 0 Å². The van der Waals surface area contributed by atoms with Gasteiger partial charge in [-0.25, -0.2) is 23.6 Å². The fraction of sp³-hybridized carbons (Fsp3) is 0.231. The summed E-state index contributed by atoms with van der Waals surface area (Å²) >= 11 is 0. The molecule has 36 heavy (non-hydrogen) atoms. The first-order chi connectivity index (χ1) is 17.4. The van der Waals surface area contributed by atoms with E-state index in [-0.39, 0.29) is 17.3 Å². The Kier molecular flexibility index (Phi) is 5.16. The molecule has 1 saturated heterocycles. The van der Waals surface area contributed by atoms with Gasteiger partial charge in [0.15, 0.2) is 28.9 Å². The van der Waals surface area contributed by atoms with Crippen molar-refractivity contribution in [3.05, 3.63) is 65.5 Å². The quantitative estimate of drug-likeness (QED) is 0.324. The van der Waals surface area contributed by atoms with Crippen molar-refractivity contribution >= 4 is 33.6 Å². The Morgan fingerprint density at radius 2 is 1.94 bits per heavy atom. The van der Waals surface area contributed by atoms with Crippen molar-refractivity contribution in [2.75, 3.05) is 18.0 Å². The monoisotopic (exact) mass is 486 g/mol. The minimum Gasteiger partial charge on any atom is -0.443 e. The normalized spacial score (nSPS) is 14.6. The lowest BCUT2D eigenvalue weighted by molar-refractivity contribution is 0.450. The molecule has 0 atom stereocenters. The van der Waals surface area contributed by atoms with Gasteiger partial charge in [0.25, 0.3) is 0 Å². The van der Waals surface area contributed by atoms with E-state index < -0.39 is 11.6 Å². The maximum absolute atomic E-state index is 15.6. The van der Waals surface area contributed by atoms with Gasteiger partial charge in [0.2, 0.25) is 5.69 Å². The molecule has 0 radical (unpaired) electrons. The molecule has 10 heteroatoms. The predicted octanol–water partition coefficient (Wildman–Crippen LogP) is 5.76. The number of nitrogens with zero attached hydrogens (tertiary/aromatic N) is 5. The lowest BCUT2D eigenvalue weighted by Gasteiger charge is -2.31. The summed E-state index contributed by atoms with van der Waals surface area (Å²) in [5.41, 5.74) is 8.86. The van der Waals surface area contributed by atoms with Crippen molar-refractivity contribution in [3.63, 3.8) is 0 Å². The van der Waals surface area contributed by atoms with Crippen LogP contribution in [0.25, 0.3) is 49.3 Å². The maximum Gasteiger partial charge on any atom is 0.222 e. The van der Waals surface area contributed by atoms with Gasteiger partial charge in [-0.1, -0.05) is 17.3 Å². The fourth-order valence-corrected chi connectivity index (χ4v) is 4.71. The van der Waals surface area contributed by atoms with E-state index in [9.17, 15) is 4.39 Å². The summed E-state index contributed by atoms with van der Waals surface area (Å²) in [6.07, 6.45) is 2.85. The van der Waals surface area contributed by atoms with Gasteiger partial charge in [-0.2, -0.15) is 0 Å². The second-order valence-electron chi connectivity index (χ2n) is 8.89. The Hall–Kier alpha value is -4.36. The first-order valence-corrected chi connectivity index (χ1v) is 11.5. The van der Waals surface area contributed by atoms with Gasteiger partial charge < -0.3 is 19.6 Å². The number of hydrogen-bond donors (Lipinski definition) is 1. The molecule has 0 unspecified atom stereocenters. The summed E-state index contributed by atoms with van der Waals surface area (Å²) in [6.45, 7) is 10.2. The minimum absolute atomic E-state index is 0.106. The van der Waals surface area contributed by atoms with Crippen LogP contribution in [0.15, 0.2) is 45.7 Å². The molecule has 8 nitrogen and oxygen atoms in total. The Morgan fingerprint density at radius 1 is 1.14 bits per heavy atom. The van der Waals surface area contributed by atoms with E-state index in [0.29, 0.717) is 63.5 Å². The third-order valence-corrected chi connectivity index (χ3v) is 6.65. The van der Waals surface area contributed by atoms with E-state index in [2.05, 4.69) is 19.9 Å². The van der Waals surface area contributed by atoms with E-state index in [0.717, 1.165) is 12.8 Å². The third-order valence-electron chi connectivity index (χ3n) is 6.65. The van der Waals surface area contributed by atoms with E-state index in [1.807, 2.05) is 0 Å². The highest BCUT2D eigenvalue weighted by atomic mass is 19.1. The van der Waals surface area contributed by atoms with Gasteiger partial charge in [0.05, 0.1) is 23.5 Å². The Morgan fingerprint density at radius 3 is 2.69 bits per heavy atom. The number of halogens is 2. The van der Waals surface area contributed by atoms with Crippen LogP contribution in [0, 0.1) is 25.1 Å². The molecule has 0 amide bonds. The highest BCUT2D eigenvalue weighted by Gasteiger charge is 2.28. The standard InChI is InChI=1S/C26H20F2N6O2/c1-13-16-10-18(27)17(11-21(16)36-33-13)22-23(14-3-4-20(30-2)19(28)9-14)32-26(24-25(22)35-12-31-24)34-7-5-15(29)6-8-34/h3-4,9-12,15H,5-8,29H2,1H3. The van der Waals surface area contributed by atoms with Crippen LogP contribution in [0.2, 0.25) is 0 Å². The number of anilines is 1. The summed E-state index contributed by atoms with van der Waals surface area (Å²) in [5, 5.41) is 4.48. The van der Waals surface area contributed by atoms with Gasteiger partial charge in [0, 0.05) is 35.6 Å². The van der Waals surface area contributed by atoms with Crippen LogP contribution in [-0.4, -0.2) is 34.3 Å². The van der Waals surface area contributed by atoms with Crippen LogP contribution in [0.1, 0.15) is 18.5 Å². The van der Waals surface area contributed by atoms with E-state index in [4.69, 9.17) is 26.2 Å². The Labute approximate surface area is 204 Å². The first-order valence-electron chi connectivity index (χ1n) is 11.5. The Balaban J connectivity index is 1.66. The molecule has 0 bridgehead atoms. The van der Waals surface area contributed by atoms with Crippen molar-refractivity contribution in [2.45, 2.75) is 25.8 Å². The lowest BCUT2D eigenvalue weighted by atomic mass is 9.96. The number of aryl methyl sites for hydroxylation is 1. The lowest BCUT2D eigenvalue weighted by Crippen LogP contribution is -2.40. The first kappa shape index (κ1) is 22.1. The molecule has 0 aliphatic carbocycles. The van der Waals surface area contributed by atoms with E-state index >= 15 is 4.39 Å². The number of fused-ring (bicyclic) bond motifs is 2. The van der Waals surface area contributed by atoms with Crippen molar-refractivity contribution in [1.29, 1.82) is 0 Å². The van der Waals surface area contributed by atoms with Gasteiger partial charge in [0.1, 0.15) is 11.6 Å². The van der Waals surface area contributed by atoms with Crippen molar-refractivity contribution in [2.24, 2.45) is 5.73 Å². The smallest absolute Gasteiger partial charge is 0.222 e. The molecule has 2 aromatic carbocycles. The Bertz CT molecular complexity index is 1680. The fourth-order valence-electron chi connectivity index (χ4n) is 4.71. The van der Waals surface area contributed by atoms with Crippen LogP contribution in [0.3, 0.4) is 0 Å². The molecule has 0 saturated carbocycles. The highest BCUT2D eigenvalue weighted by molar-refractivity contribution is 6.04. The zero-order valence-electron chi connectivity index (χ0n) is 19.3. The summed E-state index contributed by atoms with van der Waals surface area (Å²) < 4.78 is 41.5. The molecule has 3 aromatic heterocycles. The molecule has 4 heterocycles. The average molecular weight is 486 g/mol. The number of hydrogen-bond acceptors (Lipinski definition) is 7. The topological polar surface area (TPSA) is 98.6 Å². The molecular formula is C26H20F2N6O2.